The number of aromatic nitrogens is 3. The first-order valence-electron chi connectivity index (χ1n) is 4.28. The minimum atomic E-state index is 0.250. The van der Waals surface area contributed by atoms with E-state index in [2.05, 4.69) is 30.9 Å². The van der Waals surface area contributed by atoms with E-state index in [4.69, 9.17) is 10.00 Å². The Morgan fingerprint density at radius 1 is 1.19 bits per heavy atom. The maximum atomic E-state index is 8.55. The van der Waals surface area contributed by atoms with E-state index in [1.165, 1.54) is 12.4 Å². The van der Waals surface area contributed by atoms with Gasteiger partial charge in [-0.3, -0.25) is 4.98 Å². The van der Waals surface area contributed by atoms with Crippen LogP contribution in [0.15, 0.2) is 35.3 Å². The van der Waals surface area contributed by atoms with E-state index in [9.17, 15) is 0 Å². The summed E-state index contributed by atoms with van der Waals surface area (Å²) in [6.45, 7) is 0. The second-order valence-electron chi connectivity index (χ2n) is 2.79. The van der Waals surface area contributed by atoms with Gasteiger partial charge in [0.25, 0.3) is 0 Å². The van der Waals surface area contributed by atoms with Crippen LogP contribution < -0.4 is 4.74 Å². The summed E-state index contributed by atoms with van der Waals surface area (Å²) in [6.07, 6.45) is 5.95. The third-order valence-electron chi connectivity index (χ3n) is 1.64. The smallest absolute Gasteiger partial charge is 0.237 e. The largest absolute Gasteiger partial charge is 0.436 e. The van der Waals surface area contributed by atoms with E-state index in [0.717, 1.165) is 4.47 Å². The van der Waals surface area contributed by atoms with Gasteiger partial charge in [0.1, 0.15) is 11.8 Å². The maximum absolute atomic E-state index is 8.55. The Labute approximate surface area is 99.9 Å². The van der Waals surface area contributed by atoms with Gasteiger partial charge in [-0.05, 0) is 22.0 Å². The second kappa shape index (κ2) is 4.68. The van der Waals surface area contributed by atoms with Crippen molar-refractivity contribution in [3.63, 3.8) is 0 Å². The summed E-state index contributed by atoms with van der Waals surface area (Å²) in [5, 5.41) is 8.55. The molecule has 0 aliphatic heterocycles. The fraction of sp³-hybridized carbons (Fsp3) is 0. The first-order chi connectivity index (χ1) is 7.78. The third kappa shape index (κ3) is 2.52. The van der Waals surface area contributed by atoms with Crippen molar-refractivity contribution in [2.24, 2.45) is 0 Å². The zero-order valence-electron chi connectivity index (χ0n) is 7.96. The number of nitriles is 1. The van der Waals surface area contributed by atoms with Gasteiger partial charge in [0.15, 0.2) is 5.69 Å². The predicted octanol–water partition coefficient (Wildman–Crippen LogP) is 2.30. The molecule has 78 valence electrons. The van der Waals surface area contributed by atoms with Gasteiger partial charge in [0, 0.05) is 10.7 Å². The van der Waals surface area contributed by atoms with Crippen molar-refractivity contribution in [3.8, 4) is 17.7 Å². The van der Waals surface area contributed by atoms with Crippen molar-refractivity contribution in [1.82, 2.24) is 15.0 Å². The number of ether oxygens (including phenoxy) is 1. The highest BCUT2D eigenvalue weighted by Gasteiger charge is 2.00. The highest BCUT2D eigenvalue weighted by Crippen LogP contribution is 2.20. The molecule has 16 heavy (non-hydrogen) atoms. The van der Waals surface area contributed by atoms with Crippen LogP contribution in [-0.4, -0.2) is 15.0 Å². The zero-order valence-corrected chi connectivity index (χ0v) is 9.55. The zero-order chi connectivity index (χ0) is 11.4. The van der Waals surface area contributed by atoms with Crippen LogP contribution in [0.4, 0.5) is 0 Å². The van der Waals surface area contributed by atoms with Crippen LogP contribution in [0.25, 0.3) is 0 Å². The monoisotopic (exact) mass is 276 g/mol. The molecular weight excluding hydrogens is 272 g/mol. The van der Waals surface area contributed by atoms with E-state index in [1.807, 2.05) is 6.07 Å². The van der Waals surface area contributed by atoms with Crippen LogP contribution in [0.5, 0.6) is 11.6 Å². The first kappa shape index (κ1) is 10.5. The SMILES string of the molecule is N#Cc1cnc(Oc2cncc(Br)c2)cn1. The van der Waals surface area contributed by atoms with Crippen LogP contribution in [-0.2, 0) is 0 Å². The van der Waals surface area contributed by atoms with E-state index in [1.54, 1.807) is 18.5 Å². The molecule has 5 nitrogen and oxygen atoms in total. The lowest BCUT2D eigenvalue weighted by Gasteiger charge is -2.03. The summed E-state index contributed by atoms with van der Waals surface area (Å²) in [5.74, 6) is 0.868. The quantitative estimate of drug-likeness (QED) is 0.842. The first-order valence-corrected chi connectivity index (χ1v) is 5.08. The van der Waals surface area contributed by atoms with Crippen LogP contribution >= 0.6 is 15.9 Å². The number of rotatable bonds is 2. The van der Waals surface area contributed by atoms with E-state index in [0.29, 0.717) is 11.6 Å². The summed E-state index contributed by atoms with van der Waals surface area (Å²) in [4.78, 5) is 11.7. The molecule has 0 aromatic carbocycles. The Morgan fingerprint density at radius 3 is 2.69 bits per heavy atom. The molecule has 6 heteroatoms. The number of hydrogen-bond acceptors (Lipinski definition) is 5. The number of halogens is 1. The normalized spacial score (nSPS) is 9.50. The van der Waals surface area contributed by atoms with Crippen LogP contribution in [0.3, 0.4) is 0 Å². The average molecular weight is 277 g/mol. The van der Waals surface area contributed by atoms with Crippen LogP contribution in [0, 0.1) is 11.3 Å². The molecule has 2 aromatic heterocycles. The van der Waals surface area contributed by atoms with Gasteiger partial charge < -0.3 is 4.74 Å². The van der Waals surface area contributed by atoms with Gasteiger partial charge in [-0.15, -0.1) is 0 Å². The van der Waals surface area contributed by atoms with E-state index >= 15 is 0 Å². The summed E-state index contributed by atoms with van der Waals surface area (Å²) < 4.78 is 6.19. The van der Waals surface area contributed by atoms with Crippen LogP contribution in [0.2, 0.25) is 0 Å². The summed E-state index contributed by atoms with van der Waals surface area (Å²) >= 11 is 3.28. The minimum Gasteiger partial charge on any atom is -0.436 e. The molecule has 0 aliphatic rings. The minimum absolute atomic E-state index is 0.250. The Bertz CT molecular complexity index is 535. The molecule has 0 bridgehead atoms. The van der Waals surface area contributed by atoms with E-state index < -0.39 is 0 Å². The highest BCUT2D eigenvalue weighted by atomic mass is 79.9. The Balaban J connectivity index is 2.18. The molecule has 2 aromatic rings. The number of hydrogen-bond donors (Lipinski definition) is 0. The van der Waals surface area contributed by atoms with Crippen molar-refractivity contribution in [2.75, 3.05) is 0 Å². The lowest BCUT2D eigenvalue weighted by atomic mass is 10.4. The van der Waals surface area contributed by atoms with Crippen molar-refractivity contribution >= 4 is 15.9 Å². The molecule has 0 aliphatic carbocycles. The average Bonchev–Trinajstić information content (AvgIpc) is 2.30. The molecule has 0 N–H and O–H groups in total. The Hall–Kier alpha value is -2.00. The van der Waals surface area contributed by atoms with E-state index in [-0.39, 0.29) is 5.69 Å². The third-order valence-corrected chi connectivity index (χ3v) is 2.08. The summed E-state index contributed by atoms with van der Waals surface area (Å²) in [6, 6.07) is 3.63. The summed E-state index contributed by atoms with van der Waals surface area (Å²) in [5.41, 5.74) is 0.250. The maximum Gasteiger partial charge on any atom is 0.237 e. The molecule has 2 heterocycles. The van der Waals surface area contributed by atoms with Gasteiger partial charge in [0.05, 0.1) is 18.6 Å². The molecule has 2 rings (SSSR count). The molecule has 0 saturated carbocycles. The number of pyridine rings is 1. The van der Waals surface area contributed by atoms with Crippen LogP contribution in [0.1, 0.15) is 5.69 Å². The van der Waals surface area contributed by atoms with Crippen molar-refractivity contribution < 1.29 is 4.74 Å². The molecule has 0 amide bonds. The predicted molar refractivity (Wildman–Crippen MR) is 58.8 cm³/mol. The molecular formula is C10H5BrN4O. The van der Waals surface area contributed by atoms with Crippen molar-refractivity contribution in [1.29, 1.82) is 5.26 Å². The van der Waals surface area contributed by atoms with Gasteiger partial charge in [0.2, 0.25) is 5.88 Å². The molecule has 0 spiro atoms. The highest BCUT2D eigenvalue weighted by molar-refractivity contribution is 9.10. The van der Waals surface area contributed by atoms with Crippen molar-refractivity contribution in [2.45, 2.75) is 0 Å². The lowest BCUT2D eigenvalue weighted by molar-refractivity contribution is 0.457. The summed E-state index contributed by atoms with van der Waals surface area (Å²) in [7, 11) is 0. The van der Waals surface area contributed by atoms with Gasteiger partial charge in [-0.1, -0.05) is 0 Å². The lowest BCUT2D eigenvalue weighted by Crippen LogP contribution is -1.91. The standard InChI is InChI=1S/C10H5BrN4O/c11-7-1-9(5-13-3-7)16-10-6-14-8(2-12)4-15-10/h1,3-6H. The van der Waals surface area contributed by atoms with Gasteiger partial charge in [-0.25, -0.2) is 9.97 Å². The fourth-order valence-corrected chi connectivity index (χ4v) is 1.34. The number of nitrogens with zero attached hydrogens (tertiary/aromatic N) is 4. The topological polar surface area (TPSA) is 71.7 Å². The molecule has 0 atom stereocenters. The molecule has 0 unspecified atom stereocenters. The van der Waals surface area contributed by atoms with Gasteiger partial charge in [-0.2, -0.15) is 5.26 Å². The fourth-order valence-electron chi connectivity index (χ4n) is 0.996. The second-order valence-corrected chi connectivity index (χ2v) is 3.71. The molecule has 0 radical (unpaired) electrons. The van der Waals surface area contributed by atoms with Crippen molar-refractivity contribution in [3.05, 3.63) is 41.0 Å². The molecule has 0 fully saturated rings. The Kier molecular flexibility index (Phi) is 3.08. The Morgan fingerprint density at radius 2 is 2.06 bits per heavy atom. The molecule has 0 saturated heterocycles. The van der Waals surface area contributed by atoms with Gasteiger partial charge >= 0.3 is 0 Å².